The molecule has 3 aromatic rings. The van der Waals surface area contributed by atoms with Crippen molar-refractivity contribution < 1.29 is 46.9 Å². The van der Waals surface area contributed by atoms with Crippen molar-refractivity contribution in [3.63, 3.8) is 0 Å². The van der Waals surface area contributed by atoms with E-state index >= 15 is 0 Å². The zero-order chi connectivity index (χ0) is 31.3. The Morgan fingerprint density at radius 2 is 1.79 bits per heavy atom. The highest BCUT2D eigenvalue weighted by Crippen LogP contribution is 2.39. The third-order valence-electron chi connectivity index (χ3n) is 5.86. The van der Waals surface area contributed by atoms with Crippen molar-refractivity contribution in [2.24, 2.45) is 0 Å². The topological polar surface area (TPSA) is 122 Å². The van der Waals surface area contributed by atoms with Crippen molar-refractivity contribution in [1.82, 2.24) is 4.90 Å². The molecule has 43 heavy (non-hydrogen) atoms. The number of rotatable bonds is 10. The van der Waals surface area contributed by atoms with E-state index in [4.69, 9.17) is 26.2 Å². The van der Waals surface area contributed by atoms with Gasteiger partial charge in [0.1, 0.15) is 13.2 Å². The summed E-state index contributed by atoms with van der Waals surface area (Å²) in [5.41, 5.74) is 0.0982. The van der Waals surface area contributed by atoms with Gasteiger partial charge < -0.3 is 19.9 Å². The van der Waals surface area contributed by atoms with E-state index in [0.29, 0.717) is 27.8 Å². The fourth-order valence-corrected chi connectivity index (χ4v) is 4.99. The van der Waals surface area contributed by atoms with Crippen LogP contribution in [0.1, 0.15) is 34.0 Å². The molecule has 1 aliphatic rings. The van der Waals surface area contributed by atoms with Crippen molar-refractivity contribution >= 4 is 58.1 Å². The summed E-state index contributed by atoms with van der Waals surface area (Å²) in [6.45, 7) is 1.34. The maximum atomic E-state index is 13.0. The molecular formula is C29H22ClF3N2O7S. The van der Waals surface area contributed by atoms with Crippen LogP contribution in [0.25, 0.3) is 6.08 Å². The molecule has 1 aliphatic heterocycles. The second-order valence-electron chi connectivity index (χ2n) is 8.95. The molecule has 0 atom stereocenters. The number of ether oxygens (including phenoxy) is 2. The molecule has 1 fully saturated rings. The summed E-state index contributed by atoms with van der Waals surface area (Å²) in [5.74, 6) is -2.22. The summed E-state index contributed by atoms with van der Waals surface area (Å²) in [7, 11) is 0. The Morgan fingerprint density at radius 3 is 2.44 bits per heavy atom. The Morgan fingerprint density at radius 1 is 1.07 bits per heavy atom. The predicted molar refractivity (Wildman–Crippen MR) is 153 cm³/mol. The first-order valence-electron chi connectivity index (χ1n) is 12.5. The van der Waals surface area contributed by atoms with Crippen molar-refractivity contribution in [3.05, 3.63) is 92.8 Å². The molecule has 3 amide bonds. The molecule has 0 saturated carbocycles. The number of hydrogen-bond donors (Lipinski definition) is 2. The van der Waals surface area contributed by atoms with Crippen molar-refractivity contribution in [3.8, 4) is 11.5 Å². The summed E-state index contributed by atoms with van der Waals surface area (Å²) >= 11 is 7.05. The Balaban J connectivity index is 1.47. The van der Waals surface area contributed by atoms with E-state index in [-0.39, 0.29) is 45.9 Å². The molecule has 1 saturated heterocycles. The normalized spacial score (nSPS) is 14.3. The first kappa shape index (κ1) is 31.4. The van der Waals surface area contributed by atoms with Gasteiger partial charge in [-0.15, -0.1) is 0 Å². The van der Waals surface area contributed by atoms with Gasteiger partial charge in [-0.2, -0.15) is 13.2 Å². The minimum Gasteiger partial charge on any atom is -0.490 e. The van der Waals surface area contributed by atoms with E-state index < -0.39 is 41.3 Å². The number of thioether (sulfide) groups is 1. The summed E-state index contributed by atoms with van der Waals surface area (Å²) in [4.78, 5) is 49.6. The smallest absolute Gasteiger partial charge is 0.416 e. The van der Waals surface area contributed by atoms with Gasteiger partial charge in [-0.05, 0) is 78.4 Å². The largest absolute Gasteiger partial charge is 0.490 e. The SMILES string of the molecule is CCOc1cc(/C=C2\SC(=O)N(CC(=O)Nc3cccc(C(F)(F)F)c3)C2=O)cc(Cl)c1OCc1ccc(C(=O)O)cc1. The Hall–Kier alpha value is -4.49. The van der Waals surface area contributed by atoms with Gasteiger partial charge in [0.25, 0.3) is 11.1 Å². The van der Waals surface area contributed by atoms with Crippen LogP contribution in [0.4, 0.5) is 23.7 Å². The van der Waals surface area contributed by atoms with Crippen LogP contribution in [0.2, 0.25) is 5.02 Å². The van der Waals surface area contributed by atoms with Crippen molar-refractivity contribution in [2.45, 2.75) is 19.7 Å². The zero-order valence-electron chi connectivity index (χ0n) is 22.2. The number of alkyl halides is 3. The number of nitrogens with one attached hydrogen (secondary N) is 1. The lowest BCUT2D eigenvalue weighted by Gasteiger charge is -2.15. The molecule has 14 heteroatoms. The number of anilines is 1. The van der Waals surface area contributed by atoms with E-state index in [1.54, 1.807) is 25.1 Å². The summed E-state index contributed by atoms with van der Waals surface area (Å²) < 4.78 is 50.4. The molecular weight excluding hydrogens is 613 g/mol. The van der Waals surface area contributed by atoms with E-state index in [1.165, 1.54) is 30.3 Å². The van der Waals surface area contributed by atoms with Crippen LogP contribution in [0.15, 0.2) is 65.6 Å². The number of carboxylic acids is 1. The molecule has 2 N–H and O–H groups in total. The van der Waals surface area contributed by atoms with Gasteiger partial charge in [-0.25, -0.2) is 4.79 Å². The number of halogens is 4. The molecule has 0 aromatic heterocycles. The number of amides is 3. The number of hydrogen-bond acceptors (Lipinski definition) is 7. The van der Waals surface area contributed by atoms with Crippen LogP contribution in [0.3, 0.4) is 0 Å². The quantitative estimate of drug-likeness (QED) is 0.236. The van der Waals surface area contributed by atoms with Crippen LogP contribution in [-0.2, 0) is 22.4 Å². The monoisotopic (exact) mass is 634 g/mol. The molecule has 0 unspecified atom stereocenters. The fraction of sp³-hybridized carbons (Fsp3) is 0.172. The molecule has 0 aliphatic carbocycles. The van der Waals surface area contributed by atoms with E-state index in [1.807, 2.05) is 0 Å². The van der Waals surface area contributed by atoms with Crippen LogP contribution >= 0.6 is 23.4 Å². The first-order chi connectivity index (χ1) is 20.3. The molecule has 0 radical (unpaired) electrons. The Labute approximate surface area is 252 Å². The number of carbonyl (C=O) groups excluding carboxylic acids is 3. The third kappa shape index (κ3) is 7.87. The molecule has 3 aromatic carbocycles. The maximum absolute atomic E-state index is 13.0. The minimum atomic E-state index is -4.61. The number of carbonyl (C=O) groups is 4. The highest BCUT2D eigenvalue weighted by atomic mass is 35.5. The Kier molecular flexibility index (Phi) is 9.66. The van der Waals surface area contributed by atoms with Gasteiger partial charge in [-0.3, -0.25) is 19.3 Å². The number of carboxylic acid groups (broad SMARTS) is 1. The highest BCUT2D eigenvalue weighted by molar-refractivity contribution is 8.18. The highest BCUT2D eigenvalue weighted by Gasteiger charge is 2.36. The molecule has 4 rings (SSSR count). The lowest BCUT2D eigenvalue weighted by molar-refractivity contribution is -0.137. The van der Waals surface area contributed by atoms with Crippen LogP contribution < -0.4 is 14.8 Å². The number of benzene rings is 3. The Bertz CT molecular complexity index is 1610. The van der Waals surface area contributed by atoms with Crippen LogP contribution in [0, 0.1) is 0 Å². The van der Waals surface area contributed by atoms with Gasteiger partial charge in [-0.1, -0.05) is 29.8 Å². The average Bonchev–Trinajstić information content (AvgIpc) is 3.19. The molecule has 1 heterocycles. The predicted octanol–water partition coefficient (Wildman–Crippen LogP) is 6.71. The average molecular weight is 635 g/mol. The fourth-order valence-electron chi connectivity index (χ4n) is 3.88. The summed E-state index contributed by atoms with van der Waals surface area (Å²) in [6, 6.07) is 13.1. The van der Waals surface area contributed by atoms with Gasteiger partial charge in [0.15, 0.2) is 11.5 Å². The number of aromatic carboxylic acids is 1. The zero-order valence-corrected chi connectivity index (χ0v) is 23.8. The van der Waals surface area contributed by atoms with Gasteiger partial charge >= 0.3 is 12.1 Å². The van der Waals surface area contributed by atoms with E-state index in [0.717, 1.165) is 18.2 Å². The second kappa shape index (κ2) is 13.2. The van der Waals surface area contributed by atoms with E-state index in [2.05, 4.69) is 5.32 Å². The van der Waals surface area contributed by atoms with Gasteiger partial charge in [0.2, 0.25) is 5.91 Å². The van der Waals surface area contributed by atoms with Crippen molar-refractivity contribution in [1.29, 1.82) is 0 Å². The second-order valence-corrected chi connectivity index (χ2v) is 10.3. The molecule has 9 nitrogen and oxygen atoms in total. The van der Waals surface area contributed by atoms with Gasteiger partial charge in [0.05, 0.1) is 27.7 Å². The van der Waals surface area contributed by atoms with Crippen LogP contribution in [0.5, 0.6) is 11.5 Å². The number of nitrogens with zero attached hydrogens (tertiary/aromatic N) is 1. The standard InChI is InChI=1S/C29H22ClF3N2O7S/c1-2-41-22-11-17(10-21(30)25(22)42-15-16-6-8-18(9-7-16)27(38)39)12-23-26(37)35(28(40)43-23)14-24(36)34-20-5-3-4-19(13-20)29(31,32)33/h3-13H,2,14-15H2,1H3,(H,34,36)(H,38,39)/b23-12-. The van der Waals surface area contributed by atoms with Gasteiger partial charge in [0, 0.05) is 5.69 Å². The minimum absolute atomic E-state index is 0.0115. The summed E-state index contributed by atoms with van der Waals surface area (Å²) in [5, 5.41) is 10.7. The molecule has 0 bridgehead atoms. The maximum Gasteiger partial charge on any atom is 0.416 e. The molecule has 0 spiro atoms. The molecule has 224 valence electrons. The lowest BCUT2D eigenvalue weighted by Crippen LogP contribution is -2.36. The lowest BCUT2D eigenvalue weighted by atomic mass is 10.1. The van der Waals surface area contributed by atoms with Crippen molar-refractivity contribution in [2.75, 3.05) is 18.5 Å². The van der Waals surface area contributed by atoms with Crippen LogP contribution in [-0.4, -0.2) is 46.2 Å². The first-order valence-corrected chi connectivity index (χ1v) is 13.7. The number of imide groups is 1. The van der Waals surface area contributed by atoms with E-state index in [9.17, 15) is 32.3 Å². The summed E-state index contributed by atoms with van der Waals surface area (Å²) in [6.07, 6.45) is -3.22. The third-order valence-corrected chi connectivity index (χ3v) is 7.05.